The summed E-state index contributed by atoms with van der Waals surface area (Å²) in [5.74, 6) is 0.140. The van der Waals surface area contributed by atoms with E-state index in [1.165, 1.54) is 16.8 Å². The maximum atomic E-state index is 13.6. The fourth-order valence-corrected chi connectivity index (χ4v) is 3.00. The normalized spacial score (nSPS) is 18.5. The van der Waals surface area contributed by atoms with E-state index in [1.54, 1.807) is 24.2 Å². The van der Waals surface area contributed by atoms with Crippen molar-refractivity contribution < 1.29 is 9.18 Å². The lowest BCUT2D eigenvalue weighted by Crippen LogP contribution is -2.38. The molecule has 0 saturated carbocycles. The van der Waals surface area contributed by atoms with Crippen LogP contribution in [0.15, 0.2) is 30.5 Å². The van der Waals surface area contributed by atoms with Gasteiger partial charge in [0.1, 0.15) is 5.82 Å². The van der Waals surface area contributed by atoms with E-state index in [0.29, 0.717) is 12.4 Å². The smallest absolute Gasteiger partial charge is 0.317 e. The number of nitrogens with one attached hydrogen (secondary N) is 1. The van der Waals surface area contributed by atoms with Crippen molar-refractivity contribution >= 4 is 11.8 Å². The first-order chi connectivity index (χ1) is 11.1. The minimum absolute atomic E-state index is 0.120. The Labute approximate surface area is 134 Å². The number of carbonyl (C=O) groups is 1. The van der Waals surface area contributed by atoms with Gasteiger partial charge in [0, 0.05) is 13.6 Å². The minimum atomic E-state index is -0.277. The SMILES string of the molecule is Cn1cc(NC(=O)N2CCCCC[C@H]2c2cccc(F)c2)nn1. The van der Waals surface area contributed by atoms with E-state index in [4.69, 9.17) is 0 Å². The molecule has 0 spiro atoms. The highest BCUT2D eigenvalue weighted by Crippen LogP contribution is 2.30. The molecular weight excluding hydrogens is 297 g/mol. The Morgan fingerprint density at radius 2 is 2.22 bits per heavy atom. The second-order valence-electron chi connectivity index (χ2n) is 5.82. The Morgan fingerprint density at radius 3 is 2.96 bits per heavy atom. The minimum Gasteiger partial charge on any atom is -0.317 e. The summed E-state index contributed by atoms with van der Waals surface area (Å²) >= 11 is 0. The highest BCUT2D eigenvalue weighted by atomic mass is 19.1. The highest BCUT2D eigenvalue weighted by Gasteiger charge is 2.27. The Kier molecular flexibility index (Phi) is 4.55. The Balaban J connectivity index is 1.82. The predicted octanol–water partition coefficient (Wildman–Crippen LogP) is 3.10. The maximum absolute atomic E-state index is 13.6. The number of hydrogen-bond acceptors (Lipinski definition) is 3. The van der Waals surface area contributed by atoms with E-state index < -0.39 is 0 Å². The fraction of sp³-hybridized carbons (Fsp3) is 0.438. The Morgan fingerprint density at radius 1 is 1.35 bits per heavy atom. The summed E-state index contributed by atoms with van der Waals surface area (Å²) in [6, 6.07) is 6.16. The van der Waals surface area contributed by atoms with Gasteiger partial charge in [-0.1, -0.05) is 30.2 Å². The van der Waals surface area contributed by atoms with Gasteiger partial charge < -0.3 is 4.90 Å². The standard InChI is InChI=1S/C16H20FN5O/c1-21-11-15(19-20-21)18-16(23)22-9-4-2-3-8-14(22)12-6-5-7-13(17)10-12/h5-7,10-11,14H,2-4,8-9H2,1H3,(H,18,23)/t14-/m0/s1. The first-order valence-corrected chi connectivity index (χ1v) is 7.83. The highest BCUT2D eigenvalue weighted by molar-refractivity contribution is 5.88. The molecule has 0 bridgehead atoms. The first kappa shape index (κ1) is 15.5. The molecule has 0 aliphatic carbocycles. The summed E-state index contributed by atoms with van der Waals surface area (Å²) < 4.78 is 15.1. The number of rotatable bonds is 2. The second kappa shape index (κ2) is 6.76. The number of halogens is 1. The quantitative estimate of drug-likeness (QED) is 0.925. The molecule has 1 aromatic carbocycles. The monoisotopic (exact) mass is 317 g/mol. The van der Waals surface area contributed by atoms with Crippen LogP contribution in [0.2, 0.25) is 0 Å². The lowest BCUT2D eigenvalue weighted by molar-refractivity contribution is 0.189. The molecule has 23 heavy (non-hydrogen) atoms. The van der Waals surface area contributed by atoms with Crippen molar-refractivity contribution in [2.75, 3.05) is 11.9 Å². The third-order valence-corrected chi connectivity index (χ3v) is 4.08. The molecule has 6 nitrogen and oxygen atoms in total. The largest absolute Gasteiger partial charge is 0.323 e. The van der Waals surface area contributed by atoms with E-state index in [0.717, 1.165) is 31.2 Å². The number of likely N-dealkylation sites (tertiary alicyclic amines) is 1. The molecule has 7 heteroatoms. The average Bonchev–Trinajstić information content (AvgIpc) is 2.79. The van der Waals surface area contributed by atoms with Crippen molar-refractivity contribution in [1.82, 2.24) is 19.9 Å². The zero-order valence-corrected chi connectivity index (χ0v) is 13.1. The van der Waals surface area contributed by atoms with Crippen LogP contribution in [-0.2, 0) is 7.05 Å². The average molecular weight is 317 g/mol. The van der Waals surface area contributed by atoms with Crippen LogP contribution in [0, 0.1) is 5.82 Å². The molecule has 1 aromatic heterocycles. The van der Waals surface area contributed by atoms with Crippen LogP contribution in [-0.4, -0.2) is 32.5 Å². The molecule has 1 N–H and O–H groups in total. The second-order valence-corrected chi connectivity index (χ2v) is 5.82. The van der Waals surface area contributed by atoms with Gasteiger partial charge in [0.05, 0.1) is 12.2 Å². The van der Waals surface area contributed by atoms with Gasteiger partial charge in [-0.3, -0.25) is 10.00 Å². The summed E-state index contributed by atoms with van der Waals surface area (Å²) in [5, 5.41) is 10.5. The summed E-state index contributed by atoms with van der Waals surface area (Å²) in [4.78, 5) is 14.4. The number of benzene rings is 1. The molecule has 1 atom stereocenters. The number of urea groups is 1. The van der Waals surface area contributed by atoms with Crippen LogP contribution in [0.4, 0.5) is 15.0 Å². The van der Waals surface area contributed by atoms with Gasteiger partial charge in [-0.15, -0.1) is 5.10 Å². The molecule has 1 aliphatic rings. The first-order valence-electron chi connectivity index (χ1n) is 7.83. The number of aryl methyl sites for hydroxylation is 1. The van der Waals surface area contributed by atoms with Gasteiger partial charge in [-0.2, -0.15) is 0 Å². The van der Waals surface area contributed by atoms with Gasteiger partial charge in [-0.05, 0) is 30.5 Å². The third-order valence-electron chi connectivity index (χ3n) is 4.08. The summed E-state index contributed by atoms with van der Waals surface area (Å²) in [6.07, 6.45) is 5.51. The molecule has 0 radical (unpaired) electrons. The molecule has 1 saturated heterocycles. The van der Waals surface area contributed by atoms with Crippen LogP contribution in [0.1, 0.15) is 37.3 Å². The van der Waals surface area contributed by atoms with Crippen LogP contribution in [0.5, 0.6) is 0 Å². The van der Waals surface area contributed by atoms with Crippen molar-refractivity contribution in [1.29, 1.82) is 0 Å². The van der Waals surface area contributed by atoms with Gasteiger partial charge >= 0.3 is 6.03 Å². The van der Waals surface area contributed by atoms with Crippen molar-refractivity contribution in [3.63, 3.8) is 0 Å². The van der Waals surface area contributed by atoms with E-state index >= 15 is 0 Å². The predicted molar refractivity (Wildman–Crippen MR) is 84.3 cm³/mol. The van der Waals surface area contributed by atoms with Crippen LogP contribution in [0.25, 0.3) is 0 Å². The number of anilines is 1. The van der Waals surface area contributed by atoms with E-state index in [9.17, 15) is 9.18 Å². The maximum Gasteiger partial charge on any atom is 0.323 e. The van der Waals surface area contributed by atoms with Crippen molar-refractivity contribution in [3.05, 3.63) is 41.8 Å². The van der Waals surface area contributed by atoms with Crippen molar-refractivity contribution in [2.24, 2.45) is 7.05 Å². The molecule has 2 amide bonds. The zero-order chi connectivity index (χ0) is 16.2. The molecule has 0 unspecified atom stereocenters. The molecule has 122 valence electrons. The molecule has 1 fully saturated rings. The van der Waals surface area contributed by atoms with Crippen LogP contribution in [0.3, 0.4) is 0 Å². The Bertz CT molecular complexity index is 687. The Hall–Kier alpha value is -2.44. The molecule has 1 aliphatic heterocycles. The zero-order valence-electron chi connectivity index (χ0n) is 13.1. The third kappa shape index (κ3) is 3.67. The van der Waals surface area contributed by atoms with Crippen molar-refractivity contribution in [2.45, 2.75) is 31.7 Å². The molecule has 2 heterocycles. The molecule has 3 rings (SSSR count). The van der Waals surface area contributed by atoms with Crippen LogP contribution < -0.4 is 5.32 Å². The van der Waals surface area contributed by atoms with Gasteiger partial charge in [-0.25, -0.2) is 9.18 Å². The van der Waals surface area contributed by atoms with E-state index in [1.807, 2.05) is 6.07 Å². The van der Waals surface area contributed by atoms with E-state index in [-0.39, 0.29) is 17.9 Å². The number of nitrogens with zero attached hydrogens (tertiary/aromatic N) is 4. The molecule has 2 aromatic rings. The number of carbonyl (C=O) groups excluding carboxylic acids is 1. The summed E-state index contributed by atoms with van der Waals surface area (Å²) in [7, 11) is 1.74. The van der Waals surface area contributed by atoms with E-state index in [2.05, 4.69) is 15.6 Å². The summed E-state index contributed by atoms with van der Waals surface area (Å²) in [6.45, 7) is 0.646. The number of aromatic nitrogens is 3. The van der Waals surface area contributed by atoms with Gasteiger partial charge in [0.15, 0.2) is 5.82 Å². The number of hydrogen-bond donors (Lipinski definition) is 1. The molecular formula is C16H20FN5O. The van der Waals surface area contributed by atoms with Crippen molar-refractivity contribution in [3.8, 4) is 0 Å². The fourth-order valence-electron chi connectivity index (χ4n) is 3.00. The lowest BCUT2D eigenvalue weighted by Gasteiger charge is -2.30. The number of amides is 2. The lowest BCUT2D eigenvalue weighted by atomic mass is 10.0. The van der Waals surface area contributed by atoms with Gasteiger partial charge in [0.25, 0.3) is 0 Å². The topological polar surface area (TPSA) is 63.1 Å². The summed E-state index contributed by atoms with van der Waals surface area (Å²) in [5.41, 5.74) is 0.834. The van der Waals surface area contributed by atoms with Gasteiger partial charge in [0.2, 0.25) is 0 Å². The van der Waals surface area contributed by atoms with Crippen LogP contribution >= 0.6 is 0 Å².